The third kappa shape index (κ3) is 11.6. The Hall–Kier alpha value is -8.18. The molecule has 0 N–H and O–H groups in total. The van der Waals surface area contributed by atoms with E-state index in [0.717, 1.165) is 105 Å². The van der Waals surface area contributed by atoms with E-state index in [-0.39, 0.29) is 65.8 Å². The fraction of sp³-hybridized carbons (Fsp3) is 0.286. The Morgan fingerprint density at radius 1 is 0.484 bits per heavy atom. The summed E-state index contributed by atoms with van der Waals surface area (Å²) in [6, 6.07) is 57.1. The van der Waals surface area contributed by atoms with Gasteiger partial charge >= 0.3 is 0 Å². The SMILES string of the molecule is [2H]c1c([2H])c([2H])c(-c2cc(C(C)(C)C)cc(-c3cc(C(C)(C)C)cc(C(C)(C)C)c3)c2N2[CH-]N(c3[c-]c(Oc4[c-]c5c(cc4)c4c6oc7ccccc7c6ccc4n5-c4cc(C(C)(C)C)ccn4)cc(-c4c(C(C)(C)C)cccc4C(C)(C)C)c3)c3ccccc32)c([2H])c1[2H].[Pt]. The van der Waals surface area contributed by atoms with Crippen molar-refractivity contribution < 1.29 is 37.1 Å². The number of rotatable bonds is 8. The fourth-order valence-electron chi connectivity index (χ4n) is 12.8. The summed E-state index contributed by atoms with van der Waals surface area (Å²) in [7, 11) is 0. The molecule has 9 aromatic carbocycles. The van der Waals surface area contributed by atoms with E-state index in [0.29, 0.717) is 28.4 Å². The summed E-state index contributed by atoms with van der Waals surface area (Å²) in [6.07, 6.45) is 1.89. The molecule has 91 heavy (non-hydrogen) atoms. The van der Waals surface area contributed by atoms with Crippen molar-refractivity contribution in [3.63, 3.8) is 0 Å². The minimum absolute atomic E-state index is 0. The molecule has 12 aromatic rings. The van der Waals surface area contributed by atoms with Crippen LogP contribution in [0.1, 0.15) is 165 Å². The number of benzene rings is 9. The maximum atomic E-state index is 9.71. The molecule has 3 aromatic heterocycles. The number of pyridine rings is 1. The van der Waals surface area contributed by atoms with E-state index >= 15 is 0 Å². The number of nitrogens with zero attached hydrogens (tertiary/aromatic N) is 4. The zero-order chi connectivity index (χ0) is 68.1. The maximum absolute atomic E-state index is 9.71. The molecule has 0 radical (unpaired) electrons. The number of hydrogen-bond donors (Lipinski definition) is 0. The van der Waals surface area contributed by atoms with Crippen LogP contribution in [-0.2, 0) is 53.6 Å². The Labute approximate surface area is 561 Å². The summed E-state index contributed by atoms with van der Waals surface area (Å²) in [4.78, 5) is 9.36. The van der Waals surface area contributed by atoms with Gasteiger partial charge in [0.05, 0.1) is 6.85 Å². The van der Waals surface area contributed by atoms with Crippen molar-refractivity contribution in [1.82, 2.24) is 9.55 Å². The molecule has 0 saturated heterocycles. The first-order chi connectivity index (χ1) is 44.5. The molecule has 0 fully saturated rings. The smallest absolute Gasteiger partial charge is 0.135 e. The van der Waals surface area contributed by atoms with Crippen molar-refractivity contribution in [3.8, 4) is 50.7 Å². The Morgan fingerprint density at radius 3 is 1.69 bits per heavy atom. The Bertz CT molecular complexity index is 5020. The van der Waals surface area contributed by atoms with Gasteiger partial charge in [-0.2, -0.15) is 6.07 Å². The minimum Gasteiger partial charge on any atom is -0.509 e. The van der Waals surface area contributed by atoms with Crippen LogP contribution >= 0.6 is 0 Å². The van der Waals surface area contributed by atoms with Crippen LogP contribution in [0.25, 0.3) is 82.9 Å². The van der Waals surface area contributed by atoms with E-state index in [2.05, 4.69) is 261 Å². The number of fused-ring (bicyclic) bond motifs is 8. The average Bonchev–Trinajstić information content (AvgIpc) is 1.57. The monoisotopic (exact) mass is 1380 g/mol. The molecule has 1 aliphatic heterocycles. The average molecular weight is 1380 g/mol. The molecular weight excluding hydrogens is 1290 g/mol. The van der Waals surface area contributed by atoms with Crippen molar-refractivity contribution in [3.05, 3.63) is 234 Å². The van der Waals surface area contributed by atoms with Crippen LogP contribution in [0.4, 0.5) is 22.7 Å². The minimum atomic E-state index is -0.447. The number of aromatic nitrogens is 2. The molecule has 13 rings (SSSR count). The number of hydrogen-bond acceptors (Lipinski definition) is 5. The topological polar surface area (TPSA) is 46.7 Å². The molecule has 0 saturated carbocycles. The molecule has 466 valence electrons. The third-order valence-corrected chi connectivity index (χ3v) is 17.9. The van der Waals surface area contributed by atoms with Gasteiger partial charge in [-0.3, -0.25) is 0 Å². The van der Waals surface area contributed by atoms with E-state index in [9.17, 15) is 2.74 Å². The first-order valence-electron chi connectivity index (χ1n) is 34.1. The molecule has 1 aliphatic rings. The summed E-state index contributed by atoms with van der Waals surface area (Å²) >= 11 is 0. The maximum Gasteiger partial charge on any atom is 0.135 e. The van der Waals surface area contributed by atoms with Crippen molar-refractivity contribution in [2.24, 2.45) is 0 Å². The van der Waals surface area contributed by atoms with Gasteiger partial charge in [0.25, 0.3) is 0 Å². The van der Waals surface area contributed by atoms with Gasteiger partial charge in [0.15, 0.2) is 0 Å². The van der Waals surface area contributed by atoms with Gasteiger partial charge in [0, 0.05) is 83.2 Å². The second kappa shape index (κ2) is 22.6. The van der Waals surface area contributed by atoms with Crippen molar-refractivity contribution in [1.29, 1.82) is 0 Å². The van der Waals surface area contributed by atoms with Gasteiger partial charge in [0.2, 0.25) is 0 Å². The van der Waals surface area contributed by atoms with Gasteiger partial charge in [-0.15, -0.1) is 48.3 Å². The van der Waals surface area contributed by atoms with Crippen LogP contribution < -0.4 is 14.5 Å². The number of anilines is 4. The van der Waals surface area contributed by atoms with Gasteiger partial charge in [-0.05, 0) is 143 Å². The molecule has 0 aliphatic carbocycles. The Balaban J connectivity index is 0.00000881. The zero-order valence-electron chi connectivity index (χ0n) is 60.9. The number of ether oxygens (including phenoxy) is 1. The predicted octanol–water partition coefficient (Wildman–Crippen LogP) is 23.7. The van der Waals surface area contributed by atoms with E-state index in [4.69, 9.17) is 18.3 Å². The fourth-order valence-corrected chi connectivity index (χ4v) is 12.8. The quantitative estimate of drug-likeness (QED) is 0.142. The van der Waals surface area contributed by atoms with Crippen LogP contribution in [0.3, 0.4) is 0 Å². The van der Waals surface area contributed by atoms with Gasteiger partial charge < -0.3 is 23.5 Å². The summed E-state index contributed by atoms with van der Waals surface area (Å²) < 4.78 is 62.8. The molecule has 6 nitrogen and oxygen atoms in total. The molecule has 0 bridgehead atoms. The van der Waals surface area contributed by atoms with Gasteiger partial charge in [-0.25, -0.2) is 4.98 Å². The van der Waals surface area contributed by atoms with Crippen LogP contribution in [0.5, 0.6) is 11.5 Å². The molecule has 0 unspecified atom stereocenters. The standard InChI is InChI=1S/C84H85N4O2.Pt/c1-79(2,3)55-39-40-85-74(48-55)88-71-38-37-63-62-29-22-25-34-73(62)90-78(63)76(71)64-36-35-60(50-72(64)88)89-61-44-54(75-67(83(13,14)15)30-26-31-68(75)84(16,17)18)43-59(49-61)86-51-87(70-33-24-23-32-69(70)86)77-65(52-27-20-19-21-28-52)46-58(82(10,11)12)47-66(77)53-41-56(80(4,5)6)45-57(42-53)81(7,8)9;/h19-48,51H,1-18H3;/q-3;/i19D,20D,21D,27D,28D;. The van der Waals surface area contributed by atoms with E-state index in [1.165, 1.54) is 11.1 Å². The third-order valence-electron chi connectivity index (χ3n) is 17.9. The molecule has 4 heterocycles. The summed E-state index contributed by atoms with van der Waals surface area (Å²) in [6.45, 7) is 42.2. The van der Waals surface area contributed by atoms with Crippen LogP contribution in [-0.4, -0.2) is 9.55 Å². The van der Waals surface area contributed by atoms with Gasteiger partial charge in [0.1, 0.15) is 17.0 Å². The number of furan rings is 1. The molecule has 7 heteroatoms. The molecule has 0 atom stereocenters. The summed E-state index contributed by atoms with van der Waals surface area (Å²) in [5, 5.41) is 3.97. The largest absolute Gasteiger partial charge is 0.509 e. The molecule has 0 amide bonds. The zero-order valence-corrected chi connectivity index (χ0v) is 58.2. The van der Waals surface area contributed by atoms with Crippen LogP contribution in [0, 0.1) is 18.8 Å². The molecular formula is C84H85N4O2Pt-3. The van der Waals surface area contributed by atoms with Crippen molar-refractivity contribution in [2.45, 2.75) is 157 Å². The van der Waals surface area contributed by atoms with Crippen molar-refractivity contribution >= 4 is 66.5 Å². The Morgan fingerprint density at radius 2 is 1.07 bits per heavy atom. The van der Waals surface area contributed by atoms with Crippen molar-refractivity contribution in [2.75, 3.05) is 9.80 Å². The summed E-state index contributed by atoms with van der Waals surface area (Å²) in [5.41, 5.74) is 15.9. The van der Waals surface area contributed by atoms with E-state index in [1.807, 2.05) is 48.7 Å². The van der Waals surface area contributed by atoms with E-state index in [1.54, 1.807) is 0 Å². The first-order valence-corrected chi connectivity index (χ1v) is 31.6. The van der Waals surface area contributed by atoms with Crippen LogP contribution in [0.2, 0.25) is 0 Å². The van der Waals surface area contributed by atoms with Gasteiger partial charge in [-0.1, -0.05) is 232 Å². The first kappa shape index (κ1) is 56.8. The predicted molar refractivity (Wildman–Crippen MR) is 380 cm³/mol. The molecule has 0 spiro atoms. The van der Waals surface area contributed by atoms with E-state index < -0.39 is 23.5 Å². The van der Waals surface area contributed by atoms with Crippen LogP contribution in [0.15, 0.2) is 186 Å². The second-order valence-corrected chi connectivity index (χ2v) is 30.8. The second-order valence-electron chi connectivity index (χ2n) is 30.8. The Kier molecular flexibility index (Phi) is 14.1. The normalized spacial score (nSPS) is 14.2. The number of para-hydroxylation sites is 3. The summed E-state index contributed by atoms with van der Waals surface area (Å²) in [5.74, 6) is 1.68.